The van der Waals surface area contributed by atoms with Crippen molar-refractivity contribution in [1.29, 1.82) is 0 Å². The number of nitrogens with zero attached hydrogens (tertiary/aromatic N) is 1. The summed E-state index contributed by atoms with van der Waals surface area (Å²) in [6.45, 7) is -0.190. The summed E-state index contributed by atoms with van der Waals surface area (Å²) in [6.07, 6.45) is 2.72. The zero-order valence-electron chi connectivity index (χ0n) is 10.5. The van der Waals surface area contributed by atoms with Gasteiger partial charge in [0.1, 0.15) is 4.90 Å². The quantitative estimate of drug-likeness (QED) is 0.796. The Labute approximate surface area is 116 Å². The molecule has 0 spiro atoms. The van der Waals surface area contributed by atoms with Gasteiger partial charge in [0.2, 0.25) is 10.0 Å². The fraction of sp³-hybridized carbons (Fsp3) is 0.0769. The van der Waals surface area contributed by atoms with Gasteiger partial charge in [0.15, 0.2) is 0 Å². The van der Waals surface area contributed by atoms with Crippen molar-refractivity contribution in [2.24, 2.45) is 0 Å². The maximum absolute atomic E-state index is 11.8. The van der Waals surface area contributed by atoms with Gasteiger partial charge < -0.3 is 5.32 Å². The van der Waals surface area contributed by atoms with Crippen LogP contribution in [0.25, 0.3) is 0 Å². The van der Waals surface area contributed by atoms with Crippen molar-refractivity contribution < 1.29 is 13.2 Å². The molecule has 0 bridgehead atoms. The SMILES string of the molecule is O=C(NCNS(=O)(=O)c1cccnc1)c1ccccc1. The monoisotopic (exact) mass is 291 g/mol. The van der Waals surface area contributed by atoms with Gasteiger partial charge in [-0.3, -0.25) is 9.78 Å². The molecule has 0 aliphatic heterocycles. The van der Waals surface area contributed by atoms with E-state index in [4.69, 9.17) is 0 Å². The molecule has 0 saturated heterocycles. The molecule has 1 aromatic carbocycles. The second kappa shape index (κ2) is 6.27. The summed E-state index contributed by atoms with van der Waals surface area (Å²) >= 11 is 0. The van der Waals surface area contributed by atoms with E-state index < -0.39 is 10.0 Å². The van der Waals surface area contributed by atoms with Gasteiger partial charge in [-0.05, 0) is 24.3 Å². The third-order valence-electron chi connectivity index (χ3n) is 2.49. The van der Waals surface area contributed by atoms with Crippen LogP contribution in [-0.4, -0.2) is 26.0 Å². The van der Waals surface area contributed by atoms with Crippen LogP contribution in [-0.2, 0) is 10.0 Å². The van der Waals surface area contributed by atoms with Gasteiger partial charge in [-0.2, -0.15) is 4.72 Å². The van der Waals surface area contributed by atoms with Gasteiger partial charge in [-0.25, -0.2) is 8.42 Å². The van der Waals surface area contributed by atoms with E-state index >= 15 is 0 Å². The molecule has 2 rings (SSSR count). The highest BCUT2D eigenvalue weighted by Crippen LogP contribution is 2.04. The molecule has 0 radical (unpaired) electrons. The van der Waals surface area contributed by atoms with Crippen molar-refractivity contribution in [2.75, 3.05) is 6.67 Å². The third-order valence-corrected chi connectivity index (χ3v) is 3.88. The number of amides is 1. The number of sulfonamides is 1. The molecule has 0 atom stereocenters. The summed E-state index contributed by atoms with van der Waals surface area (Å²) in [6, 6.07) is 11.5. The third kappa shape index (κ3) is 3.62. The molecule has 1 heterocycles. The number of aromatic nitrogens is 1. The largest absolute Gasteiger partial charge is 0.338 e. The molecule has 20 heavy (non-hydrogen) atoms. The number of pyridine rings is 1. The van der Waals surface area contributed by atoms with Crippen LogP contribution in [0.15, 0.2) is 59.8 Å². The topological polar surface area (TPSA) is 88.2 Å². The van der Waals surface area contributed by atoms with Gasteiger partial charge in [-0.1, -0.05) is 18.2 Å². The summed E-state index contributed by atoms with van der Waals surface area (Å²) in [4.78, 5) is 15.5. The van der Waals surface area contributed by atoms with E-state index in [0.717, 1.165) is 0 Å². The summed E-state index contributed by atoms with van der Waals surface area (Å²) in [7, 11) is -3.67. The Morgan fingerprint density at radius 3 is 2.50 bits per heavy atom. The van der Waals surface area contributed by atoms with Crippen molar-refractivity contribution in [2.45, 2.75) is 4.90 Å². The van der Waals surface area contributed by atoms with Gasteiger partial charge in [0.05, 0.1) is 6.67 Å². The molecule has 1 aromatic heterocycles. The number of carbonyl (C=O) groups excluding carboxylic acids is 1. The molecule has 2 aromatic rings. The van der Waals surface area contributed by atoms with E-state index in [0.29, 0.717) is 5.56 Å². The van der Waals surface area contributed by atoms with Gasteiger partial charge >= 0.3 is 0 Å². The van der Waals surface area contributed by atoms with Gasteiger partial charge in [0.25, 0.3) is 5.91 Å². The molecule has 0 fully saturated rings. The standard InChI is InChI=1S/C13H13N3O3S/c17-13(11-5-2-1-3-6-11)15-10-16-20(18,19)12-7-4-8-14-9-12/h1-9,16H,10H2,(H,15,17). The Bertz CT molecular complexity index is 673. The Kier molecular flexibility index (Phi) is 4.44. The molecule has 0 saturated carbocycles. The first-order chi connectivity index (χ1) is 9.59. The highest BCUT2D eigenvalue weighted by atomic mass is 32.2. The number of carbonyl (C=O) groups is 1. The summed E-state index contributed by atoms with van der Waals surface area (Å²) in [5.74, 6) is -0.348. The van der Waals surface area contributed by atoms with Crippen LogP contribution in [0.3, 0.4) is 0 Å². The van der Waals surface area contributed by atoms with Crippen LogP contribution in [0.2, 0.25) is 0 Å². The molecule has 0 aliphatic rings. The summed E-state index contributed by atoms with van der Waals surface area (Å²) in [5, 5.41) is 2.48. The fourth-order valence-corrected chi connectivity index (χ4v) is 2.38. The Balaban J connectivity index is 1.92. The van der Waals surface area contributed by atoms with Crippen molar-refractivity contribution in [3.63, 3.8) is 0 Å². The molecule has 104 valence electrons. The maximum Gasteiger partial charge on any atom is 0.252 e. The predicted molar refractivity (Wildman–Crippen MR) is 73.3 cm³/mol. The minimum atomic E-state index is -3.67. The van der Waals surface area contributed by atoms with Gasteiger partial charge in [-0.15, -0.1) is 0 Å². The molecular weight excluding hydrogens is 278 g/mol. The second-order valence-corrected chi connectivity index (χ2v) is 5.65. The van der Waals surface area contributed by atoms with Crippen molar-refractivity contribution in [3.8, 4) is 0 Å². The van der Waals surface area contributed by atoms with Crippen LogP contribution in [0.5, 0.6) is 0 Å². The van der Waals surface area contributed by atoms with Crippen molar-refractivity contribution in [3.05, 3.63) is 60.4 Å². The zero-order chi connectivity index (χ0) is 14.4. The number of nitrogens with one attached hydrogen (secondary N) is 2. The van der Waals surface area contributed by atoms with E-state index in [1.165, 1.54) is 24.5 Å². The van der Waals surface area contributed by atoms with Crippen LogP contribution in [0.1, 0.15) is 10.4 Å². The highest BCUT2D eigenvalue weighted by Gasteiger charge is 2.13. The van der Waals surface area contributed by atoms with Crippen LogP contribution in [0.4, 0.5) is 0 Å². The molecular formula is C13H13N3O3S. The summed E-state index contributed by atoms with van der Waals surface area (Å²) in [5.41, 5.74) is 0.466. The Hall–Kier alpha value is -2.25. The lowest BCUT2D eigenvalue weighted by molar-refractivity contribution is 0.0953. The molecule has 6 nitrogen and oxygen atoms in total. The lowest BCUT2D eigenvalue weighted by Gasteiger charge is -2.08. The average molecular weight is 291 g/mol. The Morgan fingerprint density at radius 1 is 1.10 bits per heavy atom. The Morgan fingerprint density at radius 2 is 1.85 bits per heavy atom. The highest BCUT2D eigenvalue weighted by molar-refractivity contribution is 7.89. The van der Waals surface area contributed by atoms with E-state index in [1.54, 1.807) is 30.3 Å². The molecule has 7 heteroatoms. The second-order valence-electron chi connectivity index (χ2n) is 3.89. The minimum Gasteiger partial charge on any atom is -0.338 e. The smallest absolute Gasteiger partial charge is 0.252 e. The number of benzene rings is 1. The number of hydrogen-bond acceptors (Lipinski definition) is 4. The van der Waals surface area contributed by atoms with E-state index in [1.807, 2.05) is 0 Å². The normalized spacial score (nSPS) is 11.0. The lowest BCUT2D eigenvalue weighted by Crippen LogP contribution is -2.37. The zero-order valence-corrected chi connectivity index (χ0v) is 11.3. The first-order valence-electron chi connectivity index (χ1n) is 5.82. The molecule has 1 amide bonds. The van der Waals surface area contributed by atoms with Gasteiger partial charge in [0, 0.05) is 18.0 Å². The van der Waals surface area contributed by atoms with Crippen LogP contribution < -0.4 is 10.0 Å². The van der Waals surface area contributed by atoms with E-state index in [-0.39, 0.29) is 17.5 Å². The van der Waals surface area contributed by atoms with Crippen LogP contribution >= 0.6 is 0 Å². The minimum absolute atomic E-state index is 0.0500. The molecule has 0 aliphatic carbocycles. The number of rotatable bonds is 5. The lowest BCUT2D eigenvalue weighted by atomic mass is 10.2. The van der Waals surface area contributed by atoms with Crippen molar-refractivity contribution >= 4 is 15.9 Å². The fourth-order valence-electron chi connectivity index (χ4n) is 1.49. The maximum atomic E-state index is 11.8. The van der Waals surface area contributed by atoms with E-state index in [2.05, 4.69) is 15.0 Å². The summed E-state index contributed by atoms with van der Waals surface area (Å²) < 4.78 is 26.0. The molecule has 0 unspecified atom stereocenters. The van der Waals surface area contributed by atoms with E-state index in [9.17, 15) is 13.2 Å². The predicted octanol–water partition coefficient (Wildman–Crippen LogP) is 0.747. The average Bonchev–Trinajstić information content (AvgIpc) is 2.49. The van der Waals surface area contributed by atoms with Crippen molar-refractivity contribution in [1.82, 2.24) is 15.0 Å². The number of hydrogen-bond donors (Lipinski definition) is 2. The van der Waals surface area contributed by atoms with Crippen LogP contribution in [0, 0.1) is 0 Å². The first-order valence-corrected chi connectivity index (χ1v) is 7.31. The first kappa shape index (κ1) is 14.2. The molecule has 2 N–H and O–H groups in total.